The summed E-state index contributed by atoms with van der Waals surface area (Å²) >= 11 is 0. The van der Waals surface area contributed by atoms with Crippen LogP contribution in [-0.4, -0.2) is 19.7 Å². The van der Waals surface area contributed by atoms with E-state index in [9.17, 15) is 4.39 Å². The lowest BCUT2D eigenvalue weighted by molar-refractivity contribution is 0.280. The zero-order valence-corrected chi connectivity index (χ0v) is 9.51. The summed E-state index contributed by atoms with van der Waals surface area (Å²) in [6.45, 7) is 4.51. The van der Waals surface area contributed by atoms with Crippen LogP contribution in [0.1, 0.15) is 18.9 Å². The third-order valence-electron chi connectivity index (χ3n) is 2.39. The molecule has 0 spiro atoms. The maximum absolute atomic E-state index is 13.2. The predicted octanol–water partition coefficient (Wildman–Crippen LogP) is 2.51. The van der Waals surface area contributed by atoms with Crippen LogP contribution in [0.15, 0.2) is 18.2 Å². The Morgan fingerprint density at radius 1 is 1.47 bits per heavy atom. The quantitative estimate of drug-likeness (QED) is 0.808. The summed E-state index contributed by atoms with van der Waals surface area (Å²) in [5.41, 5.74) is 1.01. The van der Waals surface area contributed by atoms with Crippen molar-refractivity contribution in [3.05, 3.63) is 29.6 Å². The minimum atomic E-state index is -0.294. The highest BCUT2D eigenvalue weighted by atomic mass is 19.1. The lowest BCUT2D eigenvalue weighted by Crippen LogP contribution is -2.23. The van der Waals surface area contributed by atoms with Gasteiger partial charge in [0.05, 0.1) is 6.61 Å². The van der Waals surface area contributed by atoms with E-state index in [2.05, 4.69) is 12.2 Å². The summed E-state index contributed by atoms with van der Waals surface area (Å²) in [5.74, 6) is 0.0519. The van der Waals surface area contributed by atoms with E-state index in [0.717, 1.165) is 12.0 Å². The number of aryl methyl sites for hydroxylation is 1. The van der Waals surface area contributed by atoms with E-state index in [4.69, 9.17) is 4.74 Å². The van der Waals surface area contributed by atoms with Gasteiger partial charge in [-0.1, -0.05) is 6.07 Å². The second-order valence-electron chi connectivity index (χ2n) is 3.76. The van der Waals surface area contributed by atoms with Gasteiger partial charge >= 0.3 is 0 Å². The van der Waals surface area contributed by atoms with Crippen molar-refractivity contribution < 1.29 is 9.13 Å². The van der Waals surface area contributed by atoms with Crippen LogP contribution in [0.5, 0.6) is 5.75 Å². The summed E-state index contributed by atoms with van der Waals surface area (Å²) in [7, 11) is 1.90. The van der Waals surface area contributed by atoms with Crippen molar-refractivity contribution in [2.75, 3.05) is 13.7 Å². The predicted molar refractivity (Wildman–Crippen MR) is 59.8 cm³/mol. The molecule has 1 rings (SSSR count). The summed E-state index contributed by atoms with van der Waals surface area (Å²) in [6, 6.07) is 5.28. The van der Waals surface area contributed by atoms with Crippen molar-refractivity contribution in [1.82, 2.24) is 5.32 Å². The average molecular weight is 211 g/mol. The third kappa shape index (κ3) is 3.88. The number of benzene rings is 1. The van der Waals surface area contributed by atoms with Crippen LogP contribution in [0.4, 0.5) is 4.39 Å². The molecule has 0 saturated carbocycles. The highest BCUT2D eigenvalue weighted by Gasteiger charge is 2.04. The van der Waals surface area contributed by atoms with Gasteiger partial charge in [0.25, 0.3) is 0 Å². The first-order chi connectivity index (χ1) is 7.13. The Morgan fingerprint density at radius 3 is 2.87 bits per heavy atom. The Morgan fingerprint density at radius 2 is 2.20 bits per heavy atom. The fourth-order valence-corrected chi connectivity index (χ4v) is 1.21. The Kier molecular flexibility index (Phi) is 4.56. The Bertz CT molecular complexity index is 314. The van der Waals surface area contributed by atoms with Crippen molar-refractivity contribution in [1.29, 1.82) is 0 Å². The molecule has 1 aromatic rings. The third-order valence-corrected chi connectivity index (χ3v) is 2.39. The van der Waals surface area contributed by atoms with Gasteiger partial charge < -0.3 is 10.1 Å². The molecule has 1 unspecified atom stereocenters. The van der Waals surface area contributed by atoms with E-state index in [-0.39, 0.29) is 5.82 Å². The molecule has 0 aliphatic heterocycles. The molecule has 84 valence electrons. The Hall–Kier alpha value is -1.09. The standard InChI is InChI=1S/C12H18FNO/c1-9-4-5-11(13)12(8-9)15-7-6-10(2)14-3/h4-5,8,10,14H,6-7H2,1-3H3. The molecule has 0 aromatic heterocycles. The Labute approximate surface area is 90.4 Å². The molecule has 0 saturated heterocycles. The van der Waals surface area contributed by atoms with Gasteiger partial charge in [-0.15, -0.1) is 0 Å². The van der Waals surface area contributed by atoms with Gasteiger partial charge in [0.1, 0.15) is 0 Å². The summed E-state index contributed by atoms with van der Waals surface area (Å²) in [4.78, 5) is 0. The van der Waals surface area contributed by atoms with Crippen molar-refractivity contribution in [3.8, 4) is 5.75 Å². The lowest BCUT2D eigenvalue weighted by atomic mass is 10.2. The van der Waals surface area contributed by atoms with Crippen LogP contribution >= 0.6 is 0 Å². The zero-order valence-electron chi connectivity index (χ0n) is 9.51. The molecule has 0 radical (unpaired) electrons. The molecule has 0 heterocycles. The van der Waals surface area contributed by atoms with Gasteiger partial charge in [0.2, 0.25) is 0 Å². The van der Waals surface area contributed by atoms with Crippen molar-refractivity contribution >= 4 is 0 Å². The first-order valence-corrected chi connectivity index (χ1v) is 5.19. The van der Waals surface area contributed by atoms with E-state index in [1.54, 1.807) is 12.1 Å². The Balaban J connectivity index is 2.46. The number of halogens is 1. The first kappa shape index (κ1) is 12.0. The first-order valence-electron chi connectivity index (χ1n) is 5.19. The highest BCUT2D eigenvalue weighted by molar-refractivity contribution is 5.29. The number of rotatable bonds is 5. The maximum atomic E-state index is 13.2. The highest BCUT2D eigenvalue weighted by Crippen LogP contribution is 2.18. The minimum Gasteiger partial charge on any atom is -0.490 e. The molecule has 1 aromatic carbocycles. The second-order valence-corrected chi connectivity index (χ2v) is 3.76. The number of ether oxygens (including phenoxy) is 1. The lowest BCUT2D eigenvalue weighted by Gasteiger charge is -2.11. The van der Waals surface area contributed by atoms with Gasteiger partial charge in [-0.2, -0.15) is 0 Å². The largest absolute Gasteiger partial charge is 0.490 e. The van der Waals surface area contributed by atoms with E-state index in [0.29, 0.717) is 18.4 Å². The van der Waals surface area contributed by atoms with E-state index < -0.39 is 0 Å². The SMILES string of the molecule is CNC(C)CCOc1cc(C)ccc1F. The molecular weight excluding hydrogens is 193 g/mol. The van der Waals surface area contributed by atoms with Crippen LogP contribution in [0, 0.1) is 12.7 Å². The molecule has 1 atom stereocenters. The molecule has 0 aliphatic carbocycles. The van der Waals surface area contributed by atoms with Crippen molar-refractivity contribution in [3.63, 3.8) is 0 Å². The molecule has 0 aliphatic rings. The monoisotopic (exact) mass is 211 g/mol. The fraction of sp³-hybridized carbons (Fsp3) is 0.500. The van der Waals surface area contributed by atoms with Gasteiger partial charge in [-0.3, -0.25) is 0 Å². The smallest absolute Gasteiger partial charge is 0.165 e. The van der Waals surface area contributed by atoms with Crippen molar-refractivity contribution in [2.45, 2.75) is 26.3 Å². The van der Waals surface area contributed by atoms with Crippen LogP contribution in [0.3, 0.4) is 0 Å². The fourth-order valence-electron chi connectivity index (χ4n) is 1.21. The maximum Gasteiger partial charge on any atom is 0.165 e. The molecule has 3 heteroatoms. The molecular formula is C12H18FNO. The average Bonchev–Trinajstić information content (AvgIpc) is 2.23. The van der Waals surface area contributed by atoms with E-state index in [1.165, 1.54) is 6.07 Å². The van der Waals surface area contributed by atoms with Crippen molar-refractivity contribution in [2.24, 2.45) is 0 Å². The van der Waals surface area contributed by atoms with Crippen LogP contribution in [0.2, 0.25) is 0 Å². The molecule has 15 heavy (non-hydrogen) atoms. The van der Waals surface area contributed by atoms with E-state index in [1.807, 2.05) is 14.0 Å². The summed E-state index contributed by atoms with van der Waals surface area (Å²) in [5, 5.41) is 3.10. The van der Waals surface area contributed by atoms with Crippen LogP contribution in [0.25, 0.3) is 0 Å². The van der Waals surface area contributed by atoms with Crippen LogP contribution in [-0.2, 0) is 0 Å². The van der Waals surface area contributed by atoms with Crippen LogP contribution < -0.4 is 10.1 Å². The van der Waals surface area contributed by atoms with Gasteiger partial charge in [0, 0.05) is 6.04 Å². The normalized spacial score (nSPS) is 12.5. The second kappa shape index (κ2) is 5.71. The molecule has 0 fully saturated rings. The minimum absolute atomic E-state index is 0.294. The van der Waals surface area contributed by atoms with E-state index >= 15 is 0 Å². The summed E-state index contributed by atoms with van der Waals surface area (Å²) < 4.78 is 18.6. The molecule has 0 bridgehead atoms. The number of hydrogen-bond acceptors (Lipinski definition) is 2. The zero-order chi connectivity index (χ0) is 11.3. The molecule has 1 N–H and O–H groups in total. The van der Waals surface area contributed by atoms with Gasteiger partial charge in [-0.05, 0) is 45.0 Å². The van der Waals surface area contributed by atoms with Gasteiger partial charge in [0.15, 0.2) is 11.6 Å². The number of hydrogen-bond donors (Lipinski definition) is 1. The molecule has 0 amide bonds. The topological polar surface area (TPSA) is 21.3 Å². The number of nitrogens with one attached hydrogen (secondary N) is 1. The van der Waals surface area contributed by atoms with Gasteiger partial charge in [-0.25, -0.2) is 4.39 Å². The molecule has 2 nitrogen and oxygen atoms in total. The summed E-state index contributed by atoms with van der Waals surface area (Å²) in [6.07, 6.45) is 0.865.